The smallest absolute Gasteiger partial charge is 0.183 e. The first-order chi connectivity index (χ1) is 16.2. The molecule has 0 aliphatic carbocycles. The third kappa shape index (κ3) is 5.94. The molecule has 0 saturated carbocycles. The lowest BCUT2D eigenvalue weighted by atomic mass is 10.1. The summed E-state index contributed by atoms with van der Waals surface area (Å²) in [5.74, 6) is 1.95. The van der Waals surface area contributed by atoms with E-state index in [1.165, 1.54) is 0 Å². The molecule has 0 aliphatic rings. The Bertz CT molecular complexity index is 1200. The van der Waals surface area contributed by atoms with Gasteiger partial charge in [-0.1, -0.05) is 18.9 Å². The standard InChI is InChI=1S/C25H30N4O3S/c1-18-27-28-25-22(10-6-4-3-5-8-19(30)16-21-9-7-15-33-21)26-23-17-20(32-14-13-31-2)11-12-24(23)29(18)25/h7,9,11-12,15,17H,3-6,8,10,13-14,16H2,1-2H3. The minimum atomic E-state index is 0.331. The zero-order chi connectivity index (χ0) is 23.0. The number of rotatable bonds is 13. The lowest BCUT2D eigenvalue weighted by molar-refractivity contribution is -0.118. The van der Waals surface area contributed by atoms with Crippen LogP contribution in [0.2, 0.25) is 0 Å². The van der Waals surface area contributed by atoms with Crippen molar-refractivity contribution in [2.24, 2.45) is 0 Å². The molecule has 0 N–H and O–H groups in total. The van der Waals surface area contributed by atoms with Crippen molar-refractivity contribution in [3.8, 4) is 5.75 Å². The summed E-state index contributed by atoms with van der Waals surface area (Å²) >= 11 is 1.65. The summed E-state index contributed by atoms with van der Waals surface area (Å²) in [5.41, 5.74) is 3.61. The van der Waals surface area contributed by atoms with Gasteiger partial charge in [-0.05, 0) is 49.8 Å². The summed E-state index contributed by atoms with van der Waals surface area (Å²) in [6.07, 6.45) is 6.11. The highest BCUT2D eigenvalue weighted by atomic mass is 32.1. The Balaban J connectivity index is 1.35. The molecule has 174 valence electrons. The fraction of sp³-hybridized carbons (Fsp3) is 0.440. The van der Waals surface area contributed by atoms with Gasteiger partial charge in [0.25, 0.3) is 0 Å². The van der Waals surface area contributed by atoms with Crippen molar-refractivity contribution in [1.82, 2.24) is 19.6 Å². The molecule has 4 rings (SSSR count). The largest absolute Gasteiger partial charge is 0.491 e. The molecule has 0 saturated heterocycles. The average Bonchev–Trinajstić information content (AvgIpc) is 3.46. The fourth-order valence-corrected chi connectivity index (χ4v) is 4.71. The predicted octanol–water partition coefficient (Wildman–Crippen LogP) is 4.98. The summed E-state index contributed by atoms with van der Waals surface area (Å²) in [5, 5.41) is 10.7. The van der Waals surface area contributed by atoms with Gasteiger partial charge in [-0.25, -0.2) is 4.98 Å². The van der Waals surface area contributed by atoms with Gasteiger partial charge >= 0.3 is 0 Å². The van der Waals surface area contributed by atoms with Gasteiger partial charge < -0.3 is 9.47 Å². The Hall–Kier alpha value is -2.84. The van der Waals surface area contributed by atoms with E-state index in [2.05, 4.69) is 14.6 Å². The third-order valence-electron chi connectivity index (χ3n) is 5.65. The highest BCUT2D eigenvalue weighted by Gasteiger charge is 2.14. The van der Waals surface area contributed by atoms with Crippen molar-refractivity contribution in [3.05, 3.63) is 52.1 Å². The molecule has 1 aromatic carbocycles. The number of Topliss-reactive ketones (excluding diaryl/α,β-unsaturated/α-hetero) is 1. The van der Waals surface area contributed by atoms with E-state index >= 15 is 0 Å². The second-order valence-corrected chi connectivity index (χ2v) is 9.20. The topological polar surface area (TPSA) is 78.6 Å². The number of nitrogens with zero attached hydrogens (tertiary/aromatic N) is 4. The SMILES string of the molecule is COCCOc1ccc2c(c1)nc(CCCCCCC(=O)Cc1cccs1)c1nnc(C)n12. The Labute approximate surface area is 197 Å². The summed E-state index contributed by atoms with van der Waals surface area (Å²) < 4.78 is 12.9. The molecule has 3 heterocycles. The highest BCUT2D eigenvalue weighted by molar-refractivity contribution is 7.10. The van der Waals surface area contributed by atoms with Crippen LogP contribution in [-0.2, 0) is 22.4 Å². The summed E-state index contributed by atoms with van der Waals surface area (Å²) in [6, 6.07) is 9.94. The van der Waals surface area contributed by atoms with Gasteiger partial charge in [-0.2, -0.15) is 0 Å². The van der Waals surface area contributed by atoms with E-state index in [1.807, 2.05) is 42.6 Å². The van der Waals surface area contributed by atoms with E-state index in [1.54, 1.807) is 18.4 Å². The first-order valence-electron chi connectivity index (χ1n) is 11.5. The van der Waals surface area contributed by atoms with Crippen LogP contribution in [0.4, 0.5) is 0 Å². The number of hydrogen-bond acceptors (Lipinski definition) is 7. The molecular weight excluding hydrogens is 436 g/mol. The van der Waals surface area contributed by atoms with E-state index in [0.717, 1.165) is 70.9 Å². The van der Waals surface area contributed by atoms with Crippen LogP contribution in [-0.4, -0.2) is 45.7 Å². The molecule has 8 heteroatoms. The minimum absolute atomic E-state index is 0.331. The van der Waals surface area contributed by atoms with Crippen LogP contribution in [0.5, 0.6) is 5.75 Å². The molecular formula is C25H30N4O3S. The van der Waals surface area contributed by atoms with Crippen LogP contribution in [0, 0.1) is 6.92 Å². The molecule has 0 unspecified atom stereocenters. The number of unbranched alkanes of at least 4 members (excludes halogenated alkanes) is 3. The third-order valence-corrected chi connectivity index (χ3v) is 6.53. The number of carbonyl (C=O) groups excluding carboxylic acids is 1. The lowest BCUT2D eigenvalue weighted by Crippen LogP contribution is -2.05. The molecule has 33 heavy (non-hydrogen) atoms. The number of ether oxygens (including phenoxy) is 2. The van der Waals surface area contributed by atoms with Crippen LogP contribution >= 0.6 is 11.3 Å². The highest BCUT2D eigenvalue weighted by Crippen LogP contribution is 2.24. The fourth-order valence-electron chi connectivity index (χ4n) is 3.98. The van der Waals surface area contributed by atoms with Gasteiger partial charge in [0.2, 0.25) is 0 Å². The van der Waals surface area contributed by atoms with Crippen LogP contribution < -0.4 is 4.74 Å². The first-order valence-corrected chi connectivity index (χ1v) is 12.3. The molecule has 0 bridgehead atoms. The Morgan fingerprint density at radius 1 is 1.09 bits per heavy atom. The number of fused-ring (bicyclic) bond motifs is 3. The molecule has 4 aromatic rings. The first kappa shape index (κ1) is 23.3. The number of aromatic nitrogens is 4. The van der Waals surface area contributed by atoms with Crippen LogP contribution in [0.15, 0.2) is 35.7 Å². The van der Waals surface area contributed by atoms with E-state index in [9.17, 15) is 4.79 Å². The van der Waals surface area contributed by atoms with E-state index in [4.69, 9.17) is 14.5 Å². The molecule has 0 amide bonds. The second kappa shape index (κ2) is 11.3. The zero-order valence-electron chi connectivity index (χ0n) is 19.2. The number of methoxy groups -OCH3 is 1. The summed E-state index contributed by atoms with van der Waals surface area (Å²) in [4.78, 5) is 18.2. The van der Waals surface area contributed by atoms with Gasteiger partial charge in [-0.3, -0.25) is 9.20 Å². The normalized spacial score (nSPS) is 11.5. The number of hydrogen-bond donors (Lipinski definition) is 0. The molecule has 0 radical (unpaired) electrons. The maximum atomic E-state index is 12.1. The average molecular weight is 467 g/mol. The predicted molar refractivity (Wildman–Crippen MR) is 130 cm³/mol. The van der Waals surface area contributed by atoms with E-state index in [0.29, 0.717) is 31.8 Å². The molecule has 3 aromatic heterocycles. The van der Waals surface area contributed by atoms with Gasteiger partial charge in [0, 0.05) is 30.9 Å². The number of thiophene rings is 1. The summed E-state index contributed by atoms with van der Waals surface area (Å²) in [7, 11) is 1.66. The zero-order valence-corrected chi connectivity index (χ0v) is 20.1. The Morgan fingerprint density at radius 2 is 1.97 bits per heavy atom. The van der Waals surface area contributed by atoms with Crippen molar-refractivity contribution < 1.29 is 14.3 Å². The second-order valence-electron chi connectivity index (χ2n) is 8.17. The van der Waals surface area contributed by atoms with Crippen molar-refractivity contribution in [1.29, 1.82) is 0 Å². The van der Waals surface area contributed by atoms with Gasteiger partial charge in [0.1, 0.15) is 24.0 Å². The van der Waals surface area contributed by atoms with Crippen LogP contribution in [0.1, 0.15) is 48.5 Å². The molecule has 7 nitrogen and oxygen atoms in total. The van der Waals surface area contributed by atoms with Gasteiger partial charge in [0.15, 0.2) is 5.65 Å². The Kier molecular flexibility index (Phi) is 8.01. The monoisotopic (exact) mass is 466 g/mol. The van der Waals surface area contributed by atoms with E-state index < -0.39 is 0 Å². The molecule has 0 atom stereocenters. The van der Waals surface area contributed by atoms with Crippen molar-refractivity contribution in [2.45, 2.75) is 51.9 Å². The van der Waals surface area contributed by atoms with Crippen molar-refractivity contribution >= 4 is 33.8 Å². The minimum Gasteiger partial charge on any atom is -0.491 e. The summed E-state index contributed by atoms with van der Waals surface area (Å²) in [6.45, 7) is 3.00. The molecule has 0 aliphatic heterocycles. The molecule has 0 fully saturated rings. The maximum Gasteiger partial charge on any atom is 0.183 e. The number of aryl methyl sites for hydroxylation is 2. The van der Waals surface area contributed by atoms with Crippen LogP contribution in [0.3, 0.4) is 0 Å². The molecule has 0 spiro atoms. The van der Waals surface area contributed by atoms with Gasteiger partial charge in [0.05, 0.1) is 23.3 Å². The van der Waals surface area contributed by atoms with Crippen LogP contribution in [0.25, 0.3) is 16.7 Å². The number of carbonyl (C=O) groups is 1. The maximum absolute atomic E-state index is 12.1. The quantitative estimate of drug-likeness (QED) is 0.259. The van der Waals surface area contributed by atoms with Gasteiger partial charge in [-0.15, -0.1) is 21.5 Å². The van der Waals surface area contributed by atoms with Crippen molar-refractivity contribution in [2.75, 3.05) is 20.3 Å². The lowest BCUT2D eigenvalue weighted by Gasteiger charge is -2.10. The number of benzene rings is 1. The van der Waals surface area contributed by atoms with E-state index in [-0.39, 0.29) is 0 Å². The van der Waals surface area contributed by atoms with Crippen molar-refractivity contribution in [3.63, 3.8) is 0 Å². The Morgan fingerprint density at radius 3 is 2.79 bits per heavy atom. The number of ketones is 1.